The summed E-state index contributed by atoms with van der Waals surface area (Å²) in [5, 5.41) is 9.66. The number of benzene rings is 1. The van der Waals surface area contributed by atoms with E-state index in [0.717, 1.165) is 0 Å². The number of aliphatic carboxylic acids is 1. The summed E-state index contributed by atoms with van der Waals surface area (Å²) in [5.41, 5.74) is 4.83. The van der Waals surface area contributed by atoms with Crippen LogP contribution in [0.5, 0.6) is 11.5 Å². The predicted molar refractivity (Wildman–Crippen MR) is 136 cm³/mol. The predicted octanol–water partition coefficient (Wildman–Crippen LogP) is 4.67. The number of hydrogen-bond acceptors (Lipinski definition) is 9. The standard InChI is InChI=1S/C27H41NO9/c1-9-26(5,6)23(31)36-18-13-12-17(14-19(18)37-24(32)27(7,8)10-2)20(21(28)22(29)30)16(4)15-35-25(33)34-11-3/h12-14,16,20-21H,9-11,15,28H2,1-8H3,(H,29,30)/t16?,20?,21-/m0/s1. The number of ether oxygens (including phenoxy) is 4. The lowest BCUT2D eigenvalue weighted by molar-refractivity contribution is -0.147. The molecule has 10 heteroatoms. The molecule has 10 nitrogen and oxygen atoms in total. The van der Waals surface area contributed by atoms with Gasteiger partial charge in [0.2, 0.25) is 0 Å². The molecule has 37 heavy (non-hydrogen) atoms. The molecule has 2 unspecified atom stereocenters. The van der Waals surface area contributed by atoms with E-state index in [0.29, 0.717) is 18.4 Å². The Morgan fingerprint density at radius 2 is 1.41 bits per heavy atom. The molecule has 1 aromatic carbocycles. The molecule has 0 amide bonds. The van der Waals surface area contributed by atoms with E-state index in [1.165, 1.54) is 12.1 Å². The Kier molecular flexibility index (Phi) is 11.6. The second-order valence-electron chi connectivity index (χ2n) is 10.3. The van der Waals surface area contributed by atoms with Gasteiger partial charge in [-0.05, 0) is 71.1 Å². The van der Waals surface area contributed by atoms with Gasteiger partial charge >= 0.3 is 24.1 Å². The quantitative estimate of drug-likeness (QED) is 0.275. The van der Waals surface area contributed by atoms with E-state index in [2.05, 4.69) is 0 Å². The SMILES string of the molecule is CCOC(=O)OCC(C)C(c1ccc(OC(=O)C(C)(C)CC)c(OC(=O)C(C)(C)CC)c1)[C@H](N)C(=O)O. The molecule has 0 fully saturated rings. The first kappa shape index (κ1) is 31.9. The monoisotopic (exact) mass is 523 g/mol. The molecule has 0 heterocycles. The number of esters is 2. The van der Waals surface area contributed by atoms with Crippen molar-refractivity contribution in [1.29, 1.82) is 0 Å². The van der Waals surface area contributed by atoms with Crippen molar-refractivity contribution in [2.24, 2.45) is 22.5 Å². The molecule has 1 aromatic rings. The zero-order chi connectivity index (χ0) is 28.6. The summed E-state index contributed by atoms with van der Waals surface area (Å²) in [5.74, 6) is -3.74. The molecular weight excluding hydrogens is 482 g/mol. The summed E-state index contributed by atoms with van der Waals surface area (Å²) < 4.78 is 21.1. The average Bonchev–Trinajstić information content (AvgIpc) is 2.84. The molecule has 3 atom stereocenters. The highest BCUT2D eigenvalue weighted by Crippen LogP contribution is 2.38. The minimum Gasteiger partial charge on any atom is -0.480 e. The fourth-order valence-corrected chi connectivity index (χ4v) is 3.17. The van der Waals surface area contributed by atoms with Crippen molar-refractivity contribution in [3.63, 3.8) is 0 Å². The molecule has 0 bridgehead atoms. The largest absolute Gasteiger partial charge is 0.508 e. The average molecular weight is 524 g/mol. The van der Waals surface area contributed by atoms with Crippen LogP contribution in [0.25, 0.3) is 0 Å². The van der Waals surface area contributed by atoms with E-state index in [-0.39, 0.29) is 24.7 Å². The van der Waals surface area contributed by atoms with Crippen LogP contribution in [0.3, 0.4) is 0 Å². The first-order valence-electron chi connectivity index (χ1n) is 12.5. The van der Waals surface area contributed by atoms with Crippen molar-refractivity contribution >= 4 is 24.1 Å². The van der Waals surface area contributed by atoms with E-state index >= 15 is 0 Å². The van der Waals surface area contributed by atoms with Crippen molar-refractivity contribution in [2.75, 3.05) is 13.2 Å². The lowest BCUT2D eigenvalue weighted by atomic mass is 9.82. The van der Waals surface area contributed by atoms with Crippen LogP contribution in [0.15, 0.2) is 18.2 Å². The smallest absolute Gasteiger partial charge is 0.480 e. The van der Waals surface area contributed by atoms with Gasteiger partial charge in [0.15, 0.2) is 11.5 Å². The number of carbonyl (C=O) groups is 4. The molecule has 0 aliphatic carbocycles. The molecule has 0 aliphatic rings. The zero-order valence-corrected chi connectivity index (χ0v) is 23.1. The van der Waals surface area contributed by atoms with E-state index in [9.17, 15) is 24.3 Å². The highest BCUT2D eigenvalue weighted by Gasteiger charge is 2.35. The van der Waals surface area contributed by atoms with Gasteiger partial charge in [-0.1, -0.05) is 26.8 Å². The number of rotatable bonds is 13. The van der Waals surface area contributed by atoms with Crippen molar-refractivity contribution in [3.8, 4) is 11.5 Å². The van der Waals surface area contributed by atoms with Gasteiger partial charge in [-0.15, -0.1) is 0 Å². The summed E-state index contributed by atoms with van der Waals surface area (Å²) in [6.07, 6.45) is 0.141. The highest BCUT2D eigenvalue weighted by molar-refractivity contribution is 5.81. The minimum atomic E-state index is -1.37. The molecule has 0 aromatic heterocycles. The number of carboxylic acids is 1. The fraction of sp³-hybridized carbons (Fsp3) is 0.630. The van der Waals surface area contributed by atoms with Crippen LogP contribution in [0, 0.1) is 16.7 Å². The van der Waals surface area contributed by atoms with Gasteiger partial charge in [-0.25, -0.2) is 4.79 Å². The van der Waals surface area contributed by atoms with E-state index in [1.54, 1.807) is 47.6 Å². The Morgan fingerprint density at radius 3 is 1.86 bits per heavy atom. The lowest BCUT2D eigenvalue weighted by Gasteiger charge is -2.28. The van der Waals surface area contributed by atoms with Gasteiger partial charge in [0.05, 0.1) is 24.0 Å². The van der Waals surface area contributed by atoms with E-state index < -0.39 is 52.8 Å². The van der Waals surface area contributed by atoms with Crippen LogP contribution in [0.4, 0.5) is 4.79 Å². The van der Waals surface area contributed by atoms with Crippen molar-refractivity contribution in [2.45, 2.75) is 80.2 Å². The molecule has 0 aliphatic heterocycles. The van der Waals surface area contributed by atoms with Crippen molar-refractivity contribution < 1.29 is 43.2 Å². The number of nitrogens with two attached hydrogens (primary N) is 1. The van der Waals surface area contributed by atoms with Gasteiger partial charge in [0.25, 0.3) is 0 Å². The molecule has 3 N–H and O–H groups in total. The molecule has 208 valence electrons. The summed E-state index contributed by atoms with van der Waals surface area (Å²) in [6.45, 7) is 13.9. The highest BCUT2D eigenvalue weighted by atomic mass is 16.7. The Bertz CT molecular complexity index is 971. The third-order valence-electron chi connectivity index (χ3n) is 6.64. The molecule has 0 saturated carbocycles. The van der Waals surface area contributed by atoms with Crippen LogP contribution < -0.4 is 15.2 Å². The Labute approximate surface area is 218 Å². The normalized spacial score (nSPS) is 14.2. The van der Waals surface area contributed by atoms with Gasteiger partial charge in [-0.2, -0.15) is 0 Å². The first-order chi connectivity index (χ1) is 17.1. The fourth-order valence-electron chi connectivity index (χ4n) is 3.17. The van der Waals surface area contributed by atoms with Crippen molar-refractivity contribution in [3.05, 3.63) is 23.8 Å². The summed E-state index contributed by atoms with van der Waals surface area (Å²) in [4.78, 5) is 49.2. The molecule has 1 rings (SSSR count). The third kappa shape index (κ3) is 8.73. The van der Waals surface area contributed by atoms with Gasteiger partial charge < -0.3 is 29.8 Å². The van der Waals surface area contributed by atoms with Crippen LogP contribution in [-0.2, 0) is 23.9 Å². The lowest BCUT2D eigenvalue weighted by Crippen LogP contribution is -2.40. The van der Waals surface area contributed by atoms with Crippen LogP contribution in [0.2, 0.25) is 0 Å². The Balaban J connectivity index is 3.52. The second kappa shape index (κ2) is 13.4. The Morgan fingerprint density at radius 1 is 0.892 bits per heavy atom. The summed E-state index contributed by atoms with van der Waals surface area (Å²) in [7, 11) is 0. The van der Waals surface area contributed by atoms with Crippen LogP contribution in [0.1, 0.15) is 79.7 Å². The molecule has 0 radical (unpaired) electrons. The summed E-state index contributed by atoms with van der Waals surface area (Å²) >= 11 is 0. The zero-order valence-electron chi connectivity index (χ0n) is 23.1. The van der Waals surface area contributed by atoms with Gasteiger partial charge in [-0.3, -0.25) is 14.4 Å². The third-order valence-corrected chi connectivity index (χ3v) is 6.64. The minimum absolute atomic E-state index is 0.0219. The topological polar surface area (TPSA) is 151 Å². The molecule has 0 spiro atoms. The molecular formula is C27H41NO9. The second-order valence-corrected chi connectivity index (χ2v) is 10.3. The number of carbonyl (C=O) groups excluding carboxylic acids is 3. The van der Waals surface area contributed by atoms with Gasteiger partial charge in [0.1, 0.15) is 6.04 Å². The van der Waals surface area contributed by atoms with Gasteiger partial charge in [0, 0.05) is 5.92 Å². The van der Waals surface area contributed by atoms with E-state index in [1.807, 2.05) is 13.8 Å². The number of carboxylic acid groups (broad SMARTS) is 1. The molecule has 0 saturated heterocycles. The van der Waals surface area contributed by atoms with E-state index in [4.69, 9.17) is 24.7 Å². The maximum absolute atomic E-state index is 12.9. The maximum atomic E-state index is 12.9. The van der Waals surface area contributed by atoms with Crippen LogP contribution in [-0.4, -0.2) is 48.4 Å². The number of hydrogen-bond donors (Lipinski definition) is 2. The Hall–Kier alpha value is -3.14. The first-order valence-corrected chi connectivity index (χ1v) is 12.5. The maximum Gasteiger partial charge on any atom is 0.508 e. The summed E-state index contributed by atoms with van der Waals surface area (Å²) in [6, 6.07) is 3.07. The van der Waals surface area contributed by atoms with Crippen molar-refractivity contribution in [1.82, 2.24) is 0 Å². The van der Waals surface area contributed by atoms with Crippen LogP contribution >= 0.6 is 0 Å².